The summed E-state index contributed by atoms with van der Waals surface area (Å²) in [6.45, 7) is 11.0. The lowest BCUT2D eigenvalue weighted by atomic mass is 10.0. The molecule has 0 aromatic heterocycles. The monoisotopic (exact) mass is 516 g/mol. The highest BCUT2D eigenvalue weighted by atomic mass is 17.2. The molecule has 0 saturated carbocycles. The van der Waals surface area contributed by atoms with Crippen LogP contribution in [0.2, 0.25) is 0 Å². The SMILES string of the molecule is CC(C)CCCCCCCOOC(=O)NCCCCCCNC(=O)OOCCCCCCCC(C)C. The maximum atomic E-state index is 11.6. The van der Waals surface area contributed by atoms with E-state index >= 15 is 0 Å². The zero-order valence-corrected chi connectivity index (χ0v) is 23.7. The molecule has 0 saturated heterocycles. The lowest BCUT2D eigenvalue weighted by Gasteiger charge is -2.07. The number of carbonyl (C=O) groups excluding carboxylic acids is 2. The maximum Gasteiger partial charge on any atom is 0.438 e. The van der Waals surface area contributed by atoms with E-state index in [2.05, 4.69) is 38.3 Å². The standard InChI is InChI=1S/C28H56N2O6/c1-25(2)19-13-7-5-11-17-23-33-35-27(31)29-21-15-9-10-16-22-30-28(32)36-34-24-18-12-6-8-14-20-26(3)4/h25-26H,5-24H2,1-4H3,(H,29,31)(H,30,32). The smallest absolute Gasteiger partial charge is 0.319 e. The van der Waals surface area contributed by atoms with Gasteiger partial charge in [0.05, 0.1) is 13.2 Å². The van der Waals surface area contributed by atoms with Crippen molar-refractivity contribution in [2.75, 3.05) is 26.3 Å². The zero-order chi connectivity index (χ0) is 26.7. The van der Waals surface area contributed by atoms with Gasteiger partial charge < -0.3 is 10.6 Å². The first kappa shape index (κ1) is 34.5. The Balaban J connectivity index is 3.28. The molecular weight excluding hydrogens is 460 g/mol. The molecule has 8 nitrogen and oxygen atoms in total. The Kier molecular flexibility index (Phi) is 25.4. The molecule has 0 aliphatic carbocycles. The number of nitrogens with one attached hydrogen (secondary N) is 2. The minimum Gasteiger partial charge on any atom is -0.319 e. The highest BCUT2D eigenvalue weighted by Gasteiger charge is 2.04. The van der Waals surface area contributed by atoms with Crippen molar-refractivity contribution in [1.82, 2.24) is 10.6 Å². The number of hydrogen-bond acceptors (Lipinski definition) is 6. The van der Waals surface area contributed by atoms with Gasteiger partial charge in [-0.25, -0.2) is 9.59 Å². The molecule has 214 valence electrons. The summed E-state index contributed by atoms with van der Waals surface area (Å²) in [7, 11) is 0. The van der Waals surface area contributed by atoms with E-state index in [-0.39, 0.29) is 0 Å². The van der Waals surface area contributed by atoms with E-state index in [1.54, 1.807) is 0 Å². The number of amides is 2. The molecule has 0 aromatic carbocycles. The summed E-state index contributed by atoms with van der Waals surface area (Å²) >= 11 is 0. The van der Waals surface area contributed by atoms with Crippen molar-refractivity contribution in [3.8, 4) is 0 Å². The fourth-order valence-electron chi connectivity index (χ4n) is 3.72. The molecule has 0 heterocycles. The molecule has 0 rings (SSSR count). The van der Waals surface area contributed by atoms with E-state index < -0.39 is 12.2 Å². The molecule has 0 aliphatic rings. The van der Waals surface area contributed by atoms with Gasteiger partial charge in [0.15, 0.2) is 0 Å². The number of hydrogen-bond donors (Lipinski definition) is 2. The van der Waals surface area contributed by atoms with Crippen LogP contribution in [0.1, 0.15) is 130 Å². The third-order valence-corrected chi connectivity index (χ3v) is 5.93. The minimum atomic E-state index is -0.539. The summed E-state index contributed by atoms with van der Waals surface area (Å²) in [5, 5.41) is 5.36. The van der Waals surface area contributed by atoms with Gasteiger partial charge >= 0.3 is 12.2 Å². The van der Waals surface area contributed by atoms with E-state index in [0.29, 0.717) is 26.3 Å². The average Bonchev–Trinajstić information content (AvgIpc) is 2.83. The Labute approximate surface area is 220 Å². The summed E-state index contributed by atoms with van der Waals surface area (Å²) in [5.41, 5.74) is 0. The van der Waals surface area contributed by atoms with Gasteiger partial charge in [-0.15, -0.1) is 0 Å². The topological polar surface area (TPSA) is 95.1 Å². The molecule has 0 atom stereocenters. The Morgan fingerprint density at radius 3 is 1.22 bits per heavy atom. The van der Waals surface area contributed by atoms with Crippen LogP contribution in [-0.4, -0.2) is 38.5 Å². The molecule has 2 N–H and O–H groups in total. The molecule has 0 aliphatic heterocycles. The highest BCUT2D eigenvalue weighted by molar-refractivity contribution is 5.66. The minimum absolute atomic E-state index is 0.441. The molecule has 0 aromatic rings. The number of carbonyl (C=O) groups is 2. The zero-order valence-electron chi connectivity index (χ0n) is 23.7. The van der Waals surface area contributed by atoms with Crippen molar-refractivity contribution in [2.24, 2.45) is 11.8 Å². The fraction of sp³-hybridized carbons (Fsp3) is 0.929. The lowest BCUT2D eigenvalue weighted by Crippen LogP contribution is -2.26. The molecule has 0 radical (unpaired) electrons. The van der Waals surface area contributed by atoms with Crippen molar-refractivity contribution in [3.63, 3.8) is 0 Å². The second kappa shape index (κ2) is 26.5. The third kappa shape index (κ3) is 28.7. The molecule has 2 amide bonds. The first-order valence-electron chi connectivity index (χ1n) is 14.6. The summed E-state index contributed by atoms with van der Waals surface area (Å²) in [5.74, 6) is 1.56. The quantitative estimate of drug-likeness (QED) is 0.0728. The van der Waals surface area contributed by atoms with Crippen LogP contribution >= 0.6 is 0 Å². The molecule has 36 heavy (non-hydrogen) atoms. The van der Waals surface area contributed by atoms with Crippen LogP contribution in [0.15, 0.2) is 0 Å². The van der Waals surface area contributed by atoms with Crippen LogP contribution in [-0.2, 0) is 19.6 Å². The van der Waals surface area contributed by atoms with Crippen LogP contribution in [0.4, 0.5) is 9.59 Å². The van der Waals surface area contributed by atoms with E-state index in [4.69, 9.17) is 19.6 Å². The van der Waals surface area contributed by atoms with Crippen LogP contribution in [0.25, 0.3) is 0 Å². The van der Waals surface area contributed by atoms with Gasteiger partial charge in [0.1, 0.15) is 0 Å². The van der Waals surface area contributed by atoms with E-state index in [0.717, 1.165) is 63.2 Å². The molecule has 0 bridgehead atoms. The predicted octanol–water partition coefficient (Wildman–Crippen LogP) is 7.86. The first-order valence-corrected chi connectivity index (χ1v) is 14.6. The molecule has 8 heteroatoms. The van der Waals surface area contributed by atoms with Gasteiger partial charge in [-0.2, -0.15) is 9.78 Å². The lowest BCUT2D eigenvalue weighted by molar-refractivity contribution is -0.239. The van der Waals surface area contributed by atoms with Crippen molar-refractivity contribution in [3.05, 3.63) is 0 Å². The highest BCUT2D eigenvalue weighted by Crippen LogP contribution is 2.11. The third-order valence-electron chi connectivity index (χ3n) is 5.93. The first-order chi connectivity index (χ1) is 17.4. The van der Waals surface area contributed by atoms with E-state index in [9.17, 15) is 9.59 Å². The fourth-order valence-corrected chi connectivity index (χ4v) is 3.72. The van der Waals surface area contributed by atoms with Crippen molar-refractivity contribution in [1.29, 1.82) is 0 Å². The molecule has 0 fully saturated rings. The van der Waals surface area contributed by atoms with Gasteiger partial charge in [-0.1, -0.05) is 105 Å². The van der Waals surface area contributed by atoms with E-state index in [1.165, 1.54) is 51.4 Å². The predicted molar refractivity (Wildman–Crippen MR) is 144 cm³/mol. The second-order valence-corrected chi connectivity index (χ2v) is 10.6. The second-order valence-electron chi connectivity index (χ2n) is 10.6. The van der Waals surface area contributed by atoms with Gasteiger partial charge in [0.2, 0.25) is 0 Å². The average molecular weight is 517 g/mol. The van der Waals surface area contributed by atoms with Crippen molar-refractivity contribution < 1.29 is 29.1 Å². The van der Waals surface area contributed by atoms with Gasteiger partial charge in [-0.05, 0) is 37.5 Å². The Morgan fingerprint density at radius 1 is 0.500 bits per heavy atom. The molecule has 0 spiro atoms. The largest absolute Gasteiger partial charge is 0.438 e. The normalized spacial score (nSPS) is 11.2. The van der Waals surface area contributed by atoms with Crippen LogP contribution in [0.5, 0.6) is 0 Å². The number of rotatable bonds is 25. The summed E-state index contributed by atoms with van der Waals surface area (Å²) in [6.07, 6.45) is 16.6. The van der Waals surface area contributed by atoms with Crippen molar-refractivity contribution in [2.45, 2.75) is 130 Å². The Bertz CT molecular complexity index is 458. The van der Waals surface area contributed by atoms with Gasteiger partial charge in [0.25, 0.3) is 0 Å². The molecular formula is C28H56N2O6. The van der Waals surface area contributed by atoms with E-state index in [1.807, 2.05) is 0 Å². The van der Waals surface area contributed by atoms with Gasteiger partial charge in [0, 0.05) is 13.1 Å². The summed E-state index contributed by atoms with van der Waals surface area (Å²) in [6, 6.07) is 0. The van der Waals surface area contributed by atoms with Crippen molar-refractivity contribution >= 4 is 12.2 Å². The van der Waals surface area contributed by atoms with Crippen LogP contribution < -0.4 is 10.6 Å². The summed E-state index contributed by atoms with van der Waals surface area (Å²) < 4.78 is 0. The number of unbranched alkanes of at least 4 members (excludes halogenated alkanes) is 11. The summed E-state index contributed by atoms with van der Waals surface area (Å²) in [4.78, 5) is 42.5. The Morgan fingerprint density at radius 2 is 0.833 bits per heavy atom. The maximum absolute atomic E-state index is 11.6. The van der Waals surface area contributed by atoms with Crippen LogP contribution in [0.3, 0.4) is 0 Å². The van der Waals surface area contributed by atoms with Gasteiger partial charge in [-0.3, -0.25) is 9.78 Å². The Hall–Kier alpha value is -1.54. The molecule has 0 unspecified atom stereocenters. The van der Waals surface area contributed by atoms with Crippen LogP contribution in [0, 0.1) is 11.8 Å².